The van der Waals surface area contributed by atoms with Crippen LogP contribution in [0.25, 0.3) is 10.9 Å². The quantitative estimate of drug-likeness (QED) is 0.551. The van der Waals surface area contributed by atoms with Gasteiger partial charge in [-0.05, 0) is 49.6 Å². The highest BCUT2D eigenvalue weighted by molar-refractivity contribution is 6.17. The lowest BCUT2D eigenvalue weighted by Gasteiger charge is -2.09. The summed E-state index contributed by atoms with van der Waals surface area (Å²) in [4.78, 5) is 16.1. The highest BCUT2D eigenvalue weighted by Gasteiger charge is 2.18. The number of aromatic amines is 1. The number of anilines is 1. The van der Waals surface area contributed by atoms with Crippen LogP contribution < -0.4 is 5.73 Å². The van der Waals surface area contributed by atoms with Crippen molar-refractivity contribution in [3.05, 3.63) is 64.3 Å². The van der Waals surface area contributed by atoms with Crippen molar-refractivity contribution in [3.63, 3.8) is 0 Å². The molecule has 0 aliphatic rings. The number of benzene rings is 2. The van der Waals surface area contributed by atoms with Gasteiger partial charge in [-0.1, -0.05) is 18.2 Å². The Morgan fingerprint density at radius 3 is 2.52 bits per heavy atom. The molecular formula is C18H18N2O. The summed E-state index contributed by atoms with van der Waals surface area (Å²) in [6, 6.07) is 9.73. The normalized spacial score (nSPS) is 11.0. The van der Waals surface area contributed by atoms with Crippen molar-refractivity contribution < 1.29 is 4.79 Å². The van der Waals surface area contributed by atoms with Crippen molar-refractivity contribution in [1.82, 2.24) is 4.98 Å². The van der Waals surface area contributed by atoms with Crippen molar-refractivity contribution >= 4 is 22.4 Å². The molecule has 21 heavy (non-hydrogen) atoms. The van der Waals surface area contributed by atoms with Gasteiger partial charge in [0.2, 0.25) is 0 Å². The van der Waals surface area contributed by atoms with Gasteiger partial charge in [0.1, 0.15) is 0 Å². The van der Waals surface area contributed by atoms with Crippen LogP contribution in [-0.4, -0.2) is 10.8 Å². The predicted molar refractivity (Wildman–Crippen MR) is 86.8 cm³/mol. The van der Waals surface area contributed by atoms with E-state index in [9.17, 15) is 4.79 Å². The highest BCUT2D eigenvalue weighted by atomic mass is 16.1. The zero-order valence-corrected chi connectivity index (χ0v) is 12.4. The van der Waals surface area contributed by atoms with Gasteiger partial charge in [0, 0.05) is 33.9 Å². The number of H-pyrrole nitrogens is 1. The summed E-state index contributed by atoms with van der Waals surface area (Å²) in [6.45, 7) is 5.91. The van der Waals surface area contributed by atoms with Gasteiger partial charge in [0.25, 0.3) is 0 Å². The largest absolute Gasteiger partial charge is 0.398 e. The molecule has 3 aromatic rings. The second-order valence-corrected chi connectivity index (χ2v) is 5.55. The van der Waals surface area contributed by atoms with Crippen LogP contribution in [0.2, 0.25) is 0 Å². The van der Waals surface area contributed by atoms with Gasteiger partial charge in [-0.15, -0.1) is 0 Å². The lowest BCUT2D eigenvalue weighted by molar-refractivity contribution is 0.103. The lowest BCUT2D eigenvalue weighted by Crippen LogP contribution is -2.05. The van der Waals surface area contributed by atoms with E-state index in [1.54, 1.807) is 12.3 Å². The van der Waals surface area contributed by atoms with Crippen molar-refractivity contribution in [1.29, 1.82) is 0 Å². The zero-order valence-electron chi connectivity index (χ0n) is 12.4. The number of aromatic nitrogens is 1. The van der Waals surface area contributed by atoms with Gasteiger partial charge in [-0.25, -0.2) is 0 Å². The van der Waals surface area contributed by atoms with Gasteiger partial charge in [-0.2, -0.15) is 0 Å². The minimum atomic E-state index is 0.0137. The number of nitrogens with two attached hydrogens (primary N) is 1. The summed E-state index contributed by atoms with van der Waals surface area (Å²) in [7, 11) is 0. The number of carbonyl (C=O) groups is 1. The molecule has 0 saturated heterocycles. The molecule has 3 N–H and O–H groups in total. The van der Waals surface area contributed by atoms with Gasteiger partial charge >= 0.3 is 0 Å². The number of nitrogen functional groups attached to an aromatic ring is 1. The average Bonchev–Trinajstić information content (AvgIpc) is 2.87. The molecule has 0 bridgehead atoms. The summed E-state index contributed by atoms with van der Waals surface area (Å²) in [5.74, 6) is 0.0137. The topological polar surface area (TPSA) is 58.9 Å². The summed E-state index contributed by atoms with van der Waals surface area (Å²) >= 11 is 0. The molecule has 0 aliphatic heterocycles. The third-order valence-corrected chi connectivity index (χ3v) is 4.02. The van der Waals surface area contributed by atoms with E-state index < -0.39 is 0 Å². The molecular weight excluding hydrogens is 260 g/mol. The van der Waals surface area contributed by atoms with Crippen LogP contribution in [0.15, 0.2) is 36.5 Å². The van der Waals surface area contributed by atoms with Crippen LogP contribution in [0.5, 0.6) is 0 Å². The predicted octanol–water partition coefficient (Wildman–Crippen LogP) is 3.91. The first-order chi connectivity index (χ1) is 9.99. The zero-order chi connectivity index (χ0) is 15.1. The first kappa shape index (κ1) is 13.4. The molecule has 0 radical (unpaired) electrons. The molecule has 0 amide bonds. The third-order valence-electron chi connectivity index (χ3n) is 4.02. The summed E-state index contributed by atoms with van der Waals surface area (Å²) in [5, 5.41) is 0.987. The Labute approximate surface area is 123 Å². The fourth-order valence-corrected chi connectivity index (χ4v) is 2.81. The summed E-state index contributed by atoms with van der Waals surface area (Å²) in [6.07, 6.45) is 1.79. The second-order valence-electron chi connectivity index (χ2n) is 5.55. The number of rotatable bonds is 2. The highest BCUT2D eigenvalue weighted by Crippen LogP contribution is 2.27. The van der Waals surface area contributed by atoms with Crippen LogP contribution in [0.1, 0.15) is 32.6 Å². The van der Waals surface area contributed by atoms with E-state index >= 15 is 0 Å². The Bertz CT molecular complexity index is 859. The van der Waals surface area contributed by atoms with E-state index in [0.717, 1.165) is 27.6 Å². The molecule has 0 fully saturated rings. The SMILES string of the molecule is Cc1cc(C)c(C(=O)c2c[nH]c3cccc(C)c23)cc1N. The lowest BCUT2D eigenvalue weighted by atomic mass is 9.95. The number of nitrogens with one attached hydrogen (secondary N) is 1. The van der Waals surface area contributed by atoms with Crippen LogP contribution in [0.4, 0.5) is 5.69 Å². The molecule has 3 heteroatoms. The van der Waals surface area contributed by atoms with Crippen LogP contribution in [0, 0.1) is 20.8 Å². The Morgan fingerprint density at radius 1 is 1.00 bits per heavy atom. The van der Waals surface area contributed by atoms with E-state index in [0.29, 0.717) is 16.8 Å². The first-order valence-corrected chi connectivity index (χ1v) is 6.97. The van der Waals surface area contributed by atoms with Crippen molar-refractivity contribution in [3.8, 4) is 0 Å². The van der Waals surface area contributed by atoms with Crippen molar-refractivity contribution in [2.24, 2.45) is 0 Å². The Morgan fingerprint density at radius 2 is 1.76 bits per heavy atom. The standard InChI is InChI=1S/C18H18N2O/c1-10-5-4-6-16-17(10)14(9-20-16)18(21)13-8-15(19)12(3)7-11(13)2/h4-9,20H,19H2,1-3H3. The Hall–Kier alpha value is -2.55. The molecule has 0 unspecified atom stereocenters. The maximum absolute atomic E-state index is 12.9. The molecule has 0 aliphatic carbocycles. The molecule has 0 saturated carbocycles. The third kappa shape index (κ3) is 2.11. The van der Waals surface area contributed by atoms with Gasteiger partial charge < -0.3 is 10.7 Å². The molecule has 3 nitrogen and oxygen atoms in total. The van der Waals surface area contributed by atoms with E-state index in [4.69, 9.17) is 5.73 Å². The maximum Gasteiger partial charge on any atom is 0.195 e. The van der Waals surface area contributed by atoms with Crippen molar-refractivity contribution in [2.75, 3.05) is 5.73 Å². The summed E-state index contributed by atoms with van der Waals surface area (Å²) < 4.78 is 0. The number of hydrogen-bond acceptors (Lipinski definition) is 2. The second kappa shape index (κ2) is 4.77. The number of fused-ring (bicyclic) bond motifs is 1. The number of carbonyl (C=O) groups excluding carboxylic acids is 1. The van der Waals surface area contributed by atoms with Gasteiger partial charge in [0.15, 0.2) is 5.78 Å². The molecule has 1 heterocycles. The van der Waals surface area contributed by atoms with E-state index in [1.807, 2.05) is 45.0 Å². The molecule has 0 spiro atoms. The molecule has 3 rings (SSSR count). The minimum absolute atomic E-state index is 0.0137. The maximum atomic E-state index is 12.9. The monoisotopic (exact) mass is 278 g/mol. The van der Waals surface area contributed by atoms with Gasteiger partial charge in [-0.3, -0.25) is 4.79 Å². The van der Waals surface area contributed by atoms with E-state index in [2.05, 4.69) is 4.98 Å². The number of aryl methyl sites for hydroxylation is 3. The smallest absolute Gasteiger partial charge is 0.195 e. The Kier molecular flexibility index (Phi) is 3.05. The van der Waals surface area contributed by atoms with Crippen LogP contribution in [-0.2, 0) is 0 Å². The number of hydrogen-bond donors (Lipinski definition) is 2. The fourth-order valence-electron chi connectivity index (χ4n) is 2.81. The fraction of sp³-hybridized carbons (Fsp3) is 0.167. The molecule has 2 aromatic carbocycles. The number of ketones is 1. The van der Waals surface area contributed by atoms with Gasteiger partial charge in [0.05, 0.1) is 0 Å². The molecule has 0 atom stereocenters. The van der Waals surface area contributed by atoms with E-state index in [1.165, 1.54) is 0 Å². The summed E-state index contributed by atoms with van der Waals surface area (Å²) in [5.41, 5.74) is 12.0. The van der Waals surface area contributed by atoms with Crippen LogP contribution in [0.3, 0.4) is 0 Å². The molecule has 1 aromatic heterocycles. The minimum Gasteiger partial charge on any atom is -0.398 e. The Balaban J connectivity index is 2.20. The first-order valence-electron chi connectivity index (χ1n) is 6.97. The average molecular weight is 278 g/mol. The van der Waals surface area contributed by atoms with Crippen molar-refractivity contribution in [2.45, 2.75) is 20.8 Å². The van der Waals surface area contributed by atoms with Crippen LogP contribution >= 0.6 is 0 Å². The molecule has 106 valence electrons. The van der Waals surface area contributed by atoms with E-state index in [-0.39, 0.29) is 5.78 Å².